The molecule has 0 fully saturated rings. The zero-order valence-electron chi connectivity index (χ0n) is 10.5. The number of aromatic nitrogens is 3. The molecule has 0 aliphatic carbocycles. The normalized spacial score (nSPS) is 10.8. The Hall–Kier alpha value is -1.84. The molecule has 1 aromatic carbocycles. The second-order valence-electron chi connectivity index (χ2n) is 4.44. The zero-order chi connectivity index (χ0) is 12.3. The summed E-state index contributed by atoms with van der Waals surface area (Å²) in [6.07, 6.45) is 1.60. The van der Waals surface area contributed by atoms with E-state index in [2.05, 4.69) is 54.4 Å². The third-order valence-corrected chi connectivity index (χ3v) is 2.61. The zero-order valence-corrected chi connectivity index (χ0v) is 10.5. The molecule has 0 spiro atoms. The van der Waals surface area contributed by atoms with Gasteiger partial charge in [0.2, 0.25) is 0 Å². The predicted octanol–water partition coefficient (Wildman–Crippen LogP) is 2.78. The first kappa shape index (κ1) is 11.6. The Labute approximate surface area is 102 Å². The molecule has 1 aromatic heterocycles. The van der Waals surface area contributed by atoms with Crippen LogP contribution in [0.15, 0.2) is 30.6 Å². The van der Waals surface area contributed by atoms with Crippen molar-refractivity contribution < 1.29 is 0 Å². The summed E-state index contributed by atoms with van der Waals surface area (Å²) in [5.74, 6) is 0.960. The maximum absolute atomic E-state index is 4.26. The van der Waals surface area contributed by atoms with Crippen LogP contribution in [0.4, 0.5) is 5.69 Å². The molecule has 0 saturated heterocycles. The van der Waals surface area contributed by atoms with Crippen molar-refractivity contribution in [1.82, 2.24) is 14.8 Å². The van der Waals surface area contributed by atoms with E-state index in [1.807, 2.05) is 10.7 Å². The Kier molecular flexibility index (Phi) is 3.42. The lowest BCUT2D eigenvalue weighted by Crippen LogP contribution is -2.12. The van der Waals surface area contributed by atoms with Gasteiger partial charge in [0, 0.05) is 11.7 Å². The molecule has 0 atom stereocenters. The minimum atomic E-state index is 0.340. The van der Waals surface area contributed by atoms with Gasteiger partial charge < -0.3 is 5.32 Å². The smallest absolute Gasteiger partial charge is 0.146 e. The summed E-state index contributed by atoms with van der Waals surface area (Å²) in [7, 11) is 0. The summed E-state index contributed by atoms with van der Waals surface area (Å²) in [6.45, 7) is 6.99. The van der Waals surface area contributed by atoms with Crippen molar-refractivity contribution >= 4 is 5.69 Å². The van der Waals surface area contributed by atoms with Crippen LogP contribution in [0, 0.1) is 6.92 Å². The number of nitrogens with zero attached hydrogens (tertiary/aromatic N) is 3. The number of rotatable bonds is 4. The lowest BCUT2D eigenvalue weighted by molar-refractivity contribution is 0.509. The average molecular weight is 230 g/mol. The minimum absolute atomic E-state index is 0.340. The van der Waals surface area contributed by atoms with Crippen LogP contribution >= 0.6 is 0 Å². The second kappa shape index (κ2) is 4.99. The minimum Gasteiger partial charge on any atom is -0.378 e. The maximum atomic E-state index is 4.26. The molecule has 2 aromatic rings. The summed E-state index contributed by atoms with van der Waals surface area (Å²) < 4.78 is 1.93. The molecule has 2 rings (SSSR count). The highest BCUT2D eigenvalue weighted by Crippen LogP contribution is 2.12. The molecule has 90 valence electrons. The van der Waals surface area contributed by atoms with Gasteiger partial charge in [-0.1, -0.05) is 12.1 Å². The Morgan fingerprint density at radius 1 is 1.35 bits per heavy atom. The van der Waals surface area contributed by atoms with Gasteiger partial charge in [0.15, 0.2) is 0 Å². The number of anilines is 1. The van der Waals surface area contributed by atoms with Crippen LogP contribution in [0.2, 0.25) is 0 Å². The number of hydrogen-bond donors (Lipinski definition) is 1. The van der Waals surface area contributed by atoms with Gasteiger partial charge in [-0.25, -0.2) is 9.67 Å². The van der Waals surface area contributed by atoms with E-state index in [9.17, 15) is 0 Å². The van der Waals surface area contributed by atoms with Gasteiger partial charge in [-0.05, 0) is 38.5 Å². The summed E-state index contributed by atoms with van der Waals surface area (Å²) in [6, 6.07) is 8.65. The van der Waals surface area contributed by atoms with Crippen LogP contribution in [-0.2, 0) is 6.54 Å². The van der Waals surface area contributed by atoms with Gasteiger partial charge in [0.05, 0.1) is 6.54 Å². The van der Waals surface area contributed by atoms with Crippen molar-refractivity contribution in [3.8, 4) is 0 Å². The largest absolute Gasteiger partial charge is 0.378 e. The number of aryl methyl sites for hydroxylation is 1. The lowest BCUT2D eigenvalue weighted by atomic mass is 10.2. The average Bonchev–Trinajstić information content (AvgIpc) is 2.74. The fourth-order valence-electron chi connectivity index (χ4n) is 1.77. The predicted molar refractivity (Wildman–Crippen MR) is 68.9 cm³/mol. The van der Waals surface area contributed by atoms with Gasteiger partial charge in [-0.2, -0.15) is 5.10 Å². The molecule has 1 heterocycles. The molecule has 17 heavy (non-hydrogen) atoms. The van der Waals surface area contributed by atoms with Crippen molar-refractivity contribution in [2.24, 2.45) is 0 Å². The second-order valence-corrected chi connectivity index (χ2v) is 4.44. The number of nitrogens with one attached hydrogen (secondary N) is 1. The van der Waals surface area contributed by atoms with Crippen molar-refractivity contribution in [1.29, 1.82) is 0 Å². The van der Waals surface area contributed by atoms with Crippen LogP contribution in [-0.4, -0.2) is 14.8 Å². The molecule has 0 aliphatic heterocycles. The molecule has 4 heteroatoms. The van der Waals surface area contributed by atoms with Crippen molar-refractivity contribution in [2.75, 3.05) is 5.32 Å². The first-order chi connectivity index (χ1) is 8.16. The van der Waals surface area contributed by atoms with Gasteiger partial charge in [0.25, 0.3) is 0 Å². The standard InChI is InChI=1S/C13H18N4/c1-10(2)17-13(15-9-16-17)8-14-12-6-4-5-11(3)7-12/h4-7,9-10,14H,8H2,1-3H3. The SMILES string of the molecule is Cc1cccc(NCc2ncnn2C(C)C)c1. The van der Waals surface area contributed by atoms with E-state index in [-0.39, 0.29) is 0 Å². The Morgan fingerprint density at radius 2 is 2.18 bits per heavy atom. The lowest BCUT2D eigenvalue weighted by Gasteiger charge is -2.11. The maximum Gasteiger partial charge on any atom is 0.146 e. The van der Waals surface area contributed by atoms with E-state index in [0.717, 1.165) is 11.5 Å². The fraction of sp³-hybridized carbons (Fsp3) is 0.385. The van der Waals surface area contributed by atoms with Gasteiger partial charge >= 0.3 is 0 Å². The summed E-state index contributed by atoms with van der Waals surface area (Å²) in [5, 5.41) is 7.57. The first-order valence-corrected chi connectivity index (χ1v) is 5.85. The first-order valence-electron chi connectivity index (χ1n) is 5.85. The van der Waals surface area contributed by atoms with E-state index in [4.69, 9.17) is 0 Å². The van der Waals surface area contributed by atoms with E-state index in [1.54, 1.807) is 6.33 Å². The quantitative estimate of drug-likeness (QED) is 0.878. The molecule has 4 nitrogen and oxygen atoms in total. The highest BCUT2D eigenvalue weighted by molar-refractivity contribution is 5.45. The Morgan fingerprint density at radius 3 is 2.88 bits per heavy atom. The van der Waals surface area contributed by atoms with Crippen molar-refractivity contribution in [3.05, 3.63) is 42.0 Å². The van der Waals surface area contributed by atoms with E-state index >= 15 is 0 Å². The third kappa shape index (κ3) is 2.84. The highest BCUT2D eigenvalue weighted by atomic mass is 15.3. The van der Waals surface area contributed by atoms with Crippen molar-refractivity contribution in [3.63, 3.8) is 0 Å². The van der Waals surface area contributed by atoms with Crippen LogP contribution in [0.3, 0.4) is 0 Å². The molecular weight excluding hydrogens is 212 g/mol. The van der Waals surface area contributed by atoms with Crippen LogP contribution in [0.5, 0.6) is 0 Å². The Balaban J connectivity index is 2.05. The highest BCUT2D eigenvalue weighted by Gasteiger charge is 2.06. The molecule has 0 amide bonds. The van der Waals surface area contributed by atoms with Gasteiger partial charge in [0.1, 0.15) is 12.2 Å². The molecule has 0 bridgehead atoms. The molecule has 0 aliphatic rings. The summed E-state index contributed by atoms with van der Waals surface area (Å²) in [5.41, 5.74) is 2.36. The Bertz CT molecular complexity index is 488. The topological polar surface area (TPSA) is 42.7 Å². The third-order valence-electron chi connectivity index (χ3n) is 2.61. The monoisotopic (exact) mass is 230 g/mol. The van der Waals surface area contributed by atoms with Crippen molar-refractivity contribution in [2.45, 2.75) is 33.4 Å². The fourth-order valence-corrected chi connectivity index (χ4v) is 1.77. The van der Waals surface area contributed by atoms with Gasteiger partial charge in [-0.3, -0.25) is 0 Å². The van der Waals surface area contributed by atoms with Crippen LogP contribution in [0.1, 0.15) is 31.3 Å². The summed E-state index contributed by atoms with van der Waals surface area (Å²) in [4.78, 5) is 4.26. The molecule has 0 radical (unpaired) electrons. The molecule has 0 saturated carbocycles. The van der Waals surface area contributed by atoms with E-state index in [0.29, 0.717) is 12.6 Å². The van der Waals surface area contributed by atoms with Gasteiger partial charge in [-0.15, -0.1) is 0 Å². The van der Waals surface area contributed by atoms with E-state index < -0.39 is 0 Å². The summed E-state index contributed by atoms with van der Waals surface area (Å²) >= 11 is 0. The van der Waals surface area contributed by atoms with E-state index in [1.165, 1.54) is 5.56 Å². The van der Waals surface area contributed by atoms with Crippen LogP contribution < -0.4 is 5.32 Å². The molecular formula is C13H18N4. The number of benzene rings is 1. The molecule has 1 N–H and O–H groups in total. The number of hydrogen-bond acceptors (Lipinski definition) is 3. The molecule has 0 unspecified atom stereocenters. The van der Waals surface area contributed by atoms with Crippen LogP contribution in [0.25, 0.3) is 0 Å².